The van der Waals surface area contributed by atoms with Crippen molar-refractivity contribution in [1.82, 2.24) is 4.90 Å². The van der Waals surface area contributed by atoms with Crippen LogP contribution in [0.1, 0.15) is 0 Å². The molecule has 0 radical (unpaired) electrons. The molecule has 0 aromatic heterocycles. The van der Waals surface area contributed by atoms with Crippen molar-refractivity contribution in [2.75, 3.05) is 31.1 Å². The largest absolute Gasteiger partial charge is 0.447 e. The van der Waals surface area contributed by atoms with E-state index in [2.05, 4.69) is 29.1 Å². The summed E-state index contributed by atoms with van der Waals surface area (Å²) in [7, 11) is 0. The highest BCUT2D eigenvalue weighted by Gasteiger charge is 2.24. The molecule has 0 aliphatic carbocycles. The molecule has 1 amide bonds. The fraction of sp³-hybridized carbons (Fsp3) is 0.211. The van der Waals surface area contributed by atoms with Gasteiger partial charge in [-0.1, -0.05) is 55.3 Å². The predicted molar refractivity (Wildman–Crippen MR) is 101 cm³/mol. The number of hydrogen-bond acceptors (Lipinski definition) is 4. The van der Waals surface area contributed by atoms with Crippen molar-refractivity contribution >= 4 is 23.5 Å². The Morgan fingerprint density at radius 1 is 1.16 bits per heavy atom. The van der Waals surface area contributed by atoms with E-state index < -0.39 is 6.09 Å². The van der Waals surface area contributed by atoms with Crippen molar-refractivity contribution in [3.05, 3.63) is 72.7 Å². The minimum Gasteiger partial charge on any atom is -0.367 e. The van der Waals surface area contributed by atoms with Crippen LogP contribution in [0.2, 0.25) is 0 Å². The van der Waals surface area contributed by atoms with Crippen LogP contribution in [0.25, 0.3) is 0 Å². The van der Waals surface area contributed by atoms with Crippen molar-refractivity contribution in [1.29, 1.82) is 0 Å². The van der Waals surface area contributed by atoms with Crippen LogP contribution in [0, 0.1) is 0 Å². The molecular weight excluding hydrogens is 339 g/mol. The Bertz CT molecular complexity index is 680. The number of nitrogens with zero attached hydrogens (tertiary/aromatic N) is 2. The van der Waals surface area contributed by atoms with E-state index in [9.17, 15) is 9.32 Å². The molecule has 0 bridgehead atoms. The lowest BCUT2D eigenvalue weighted by Gasteiger charge is -2.35. The minimum atomic E-state index is -0.923. The van der Waals surface area contributed by atoms with E-state index in [4.69, 9.17) is 0 Å². The molecule has 132 valence electrons. The number of allylic oxidation sites excluding steroid dienone is 5. The van der Waals surface area contributed by atoms with E-state index >= 15 is 0 Å². The van der Waals surface area contributed by atoms with Gasteiger partial charge >= 0.3 is 6.09 Å². The number of anilines is 1. The molecule has 1 aliphatic heterocycles. The second-order valence-corrected chi connectivity index (χ2v) is 6.40. The average Bonchev–Trinajstić information content (AvgIpc) is 2.66. The molecule has 1 saturated heterocycles. The van der Waals surface area contributed by atoms with Gasteiger partial charge in [0.2, 0.25) is 0 Å². The second kappa shape index (κ2) is 9.74. The normalized spacial score (nSPS) is 15.3. The van der Waals surface area contributed by atoms with Crippen molar-refractivity contribution in [3.63, 3.8) is 0 Å². The summed E-state index contributed by atoms with van der Waals surface area (Å²) in [6.45, 7) is 9.54. The summed E-state index contributed by atoms with van der Waals surface area (Å²) in [5.41, 5.74) is 1.09. The van der Waals surface area contributed by atoms with Crippen LogP contribution >= 0.6 is 11.8 Å². The van der Waals surface area contributed by atoms with E-state index in [0.29, 0.717) is 26.2 Å². The number of hydrogen-bond donors (Lipinski definition) is 0. The Balaban J connectivity index is 2.14. The van der Waals surface area contributed by atoms with E-state index in [1.165, 1.54) is 4.90 Å². The molecule has 0 atom stereocenters. The van der Waals surface area contributed by atoms with E-state index in [1.54, 1.807) is 23.9 Å². The van der Waals surface area contributed by atoms with E-state index in [1.807, 2.05) is 36.4 Å². The van der Waals surface area contributed by atoms with Gasteiger partial charge in [0, 0.05) is 40.5 Å². The first kappa shape index (κ1) is 18.9. The molecule has 1 fully saturated rings. The number of rotatable bonds is 6. The van der Waals surface area contributed by atoms with Gasteiger partial charge in [-0.05, 0) is 24.3 Å². The summed E-state index contributed by atoms with van der Waals surface area (Å²) >= 11 is 1.63. The van der Waals surface area contributed by atoms with Crippen LogP contribution in [0.5, 0.6) is 0 Å². The fourth-order valence-corrected chi connectivity index (χ4v) is 3.53. The standard InChI is InChI=1S/C19H21FN2O2S/c1-3-5-9-16(8-4-2)25-18-11-7-6-10-17(18)21-12-14-22(15-13-21)19(23)24-20/h3-11H,1-2,12-15H2/b9-5-,16-8+. The third kappa shape index (κ3) is 5.26. The molecule has 0 unspecified atom stereocenters. The van der Waals surface area contributed by atoms with Crippen molar-refractivity contribution in [3.8, 4) is 0 Å². The Labute approximate surface area is 151 Å². The first-order valence-electron chi connectivity index (χ1n) is 7.90. The number of carbonyl (C=O) groups excluding carboxylic acids is 1. The smallest absolute Gasteiger partial charge is 0.367 e. The van der Waals surface area contributed by atoms with E-state index in [0.717, 1.165) is 15.5 Å². The highest BCUT2D eigenvalue weighted by Crippen LogP contribution is 2.36. The summed E-state index contributed by atoms with van der Waals surface area (Å²) < 4.78 is 12.0. The summed E-state index contributed by atoms with van der Waals surface area (Å²) in [5, 5.41) is 0. The third-order valence-corrected chi connectivity index (χ3v) is 4.79. The first-order valence-corrected chi connectivity index (χ1v) is 8.72. The summed E-state index contributed by atoms with van der Waals surface area (Å²) in [6, 6.07) is 8.08. The molecule has 1 heterocycles. The lowest BCUT2D eigenvalue weighted by Crippen LogP contribution is -2.48. The Hall–Kier alpha value is -2.47. The molecule has 1 aromatic carbocycles. The zero-order valence-corrected chi connectivity index (χ0v) is 14.8. The zero-order valence-electron chi connectivity index (χ0n) is 13.9. The van der Waals surface area contributed by atoms with Gasteiger partial charge < -0.3 is 9.80 Å². The third-order valence-electron chi connectivity index (χ3n) is 3.72. The zero-order chi connectivity index (χ0) is 18.1. The van der Waals surface area contributed by atoms with Crippen LogP contribution in [-0.4, -0.2) is 37.2 Å². The first-order chi connectivity index (χ1) is 12.2. The highest BCUT2D eigenvalue weighted by molar-refractivity contribution is 8.03. The summed E-state index contributed by atoms with van der Waals surface area (Å²) in [6.07, 6.45) is 8.36. The lowest BCUT2D eigenvalue weighted by atomic mass is 10.2. The van der Waals surface area contributed by atoms with Crippen molar-refractivity contribution in [2.45, 2.75) is 4.90 Å². The van der Waals surface area contributed by atoms with Gasteiger partial charge in [-0.2, -0.15) is 0 Å². The maximum absolute atomic E-state index is 12.0. The van der Waals surface area contributed by atoms with Gasteiger partial charge in [0.1, 0.15) is 0 Å². The molecule has 1 aromatic rings. The number of halogens is 1. The Kier molecular flexibility index (Phi) is 7.35. The molecular formula is C19H21FN2O2S. The average molecular weight is 360 g/mol. The predicted octanol–water partition coefficient (Wildman–Crippen LogP) is 4.73. The van der Waals surface area contributed by atoms with Crippen LogP contribution < -0.4 is 4.90 Å². The van der Waals surface area contributed by atoms with Gasteiger partial charge in [-0.15, -0.1) is 0 Å². The van der Waals surface area contributed by atoms with Gasteiger partial charge in [0.05, 0.1) is 5.69 Å². The fourth-order valence-electron chi connectivity index (χ4n) is 2.51. The maximum atomic E-state index is 12.0. The van der Waals surface area contributed by atoms with Gasteiger partial charge in [0.25, 0.3) is 0 Å². The number of benzene rings is 1. The van der Waals surface area contributed by atoms with Gasteiger partial charge in [0.15, 0.2) is 0 Å². The SMILES string of the molecule is C=C/C=C\C(=C/C=C)Sc1ccccc1N1CCN(C(=O)OF)CC1. The minimum absolute atomic E-state index is 0.424. The number of piperazine rings is 1. The number of thioether (sulfide) groups is 1. The molecule has 1 aliphatic rings. The van der Waals surface area contributed by atoms with Gasteiger partial charge in [-0.3, -0.25) is 0 Å². The monoisotopic (exact) mass is 360 g/mol. The molecule has 0 saturated carbocycles. The topological polar surface area (TPSA) is 32.8 Å². The molecule has 6 heteroatoms. The van der Waals surface area contributed by atoms with Crippen molar-refractivity contribution < 1.29 is 14.3 Å². The highest BCUT2D eigenvalue weighted by atomic mass is 32.2. The van der Waals surface area contributed by atoms with Crippen LogP contribution in [0.15, 0.2) is 77.6 Å². The van der Waals surface area contributed by atoms with Gasteiger partial charge in [-0.25, -0.2) is 9.74 Å². The summed E-state index contributed by atoms with van der Waals surface area (Å²) in [4.78, 5) is 20.3. The number of para-hydroxylation sites is 1. The molecule has 4 nitrogen and oxygen atoms in total. The van der Waals surface area contributed by atoms with E-state index in [-0.39, 0.29) is 0 Å². The number of carbonyl (C=O) groups is 1. The Morgan fingerprint density at radius 2 is 1.88 bits per heavy atom. The second-order valence-electron chi connectivity index (χ2n) is 5.29. The molecule has 0 spiro atoms. The van der Waals surface area contributed by atoms with Crippen LogP contribution in [-0.2, 0) is 4.94 Å². The lowest BCUT2D eigenvalue weighted by molar-refractivity contribution is -0.0799. The number of amides is 1. The van der Waals surface area contributed by atoms with Crippen LogP contribution in [0.4, 0.5) is 15.0 Å². The van der Waals surface area contributed by atoms with Crippen molar-refractivity contribution in [2.24, 2.45) is 0 Å². The molecule has 0 N–H and O–H groups in total. The summed E-state index contributed by atoms with van der Waals surface area (Å²) in [5.74, 6) is 0. The Morgan fingerprint density at radius 3 is 2.52 bits per heavy atom. The quantitative estimate of drug-likeness (QED) is 0.542. The maximum Gasteiger partial charge on any atom is 0.447 e. The molecule has 25 heavy (non-hydrogen) atoms. The van der Waals surface area contributed by atoms with Crippen LogP contribution in [0.3, 0.4) is 0 Å². The molecule has 2 rings (SSSR count).